The zero-order chi connectivity index (χ0) is 23.0. The summed E-state index contributed by atoms with van der Waals surface area (Å²) in [5.74, 6) is -0.156. The Morgan fingerprint density at radius 2 is 1.94 bits per heavy atom. The molecular formula is C20H29Cl2FN4O2SSi. The molecule has 1 aliphatic heterocycles. The molecule has 1 saturated heterocycles. The molecule has 6 nitrogen and oxygen atoms in total. The van der Waals surface area contributed by atoms with Gasteiger partial charge in [-0.1, -0.05) is 55.7 Å². The molecule has 0 amide bonds. The molecule has 1 unspecified atom stereocenters. The van der Waals surface area contributed by atoms with Gasteiger partial charge in [-0.3, -0.25) is 0 Å². The molecule has 0 saturated carbocycles. The van der Waals surface area contributed by atoms with Crippen LogP contribution in [0.3, 0.4) is 0 Å². The van der Waals surface area contributed by atoms with Crippen molar-refractivity contribution in [3.63, 3.8) is 0 Å². The lowest BCUT2D eigenvalue weighted by Crippen LogP contribution is -2.48. The third-order valence-corrected chi connectivity index (χ3v) is 11.6. The molecule has 11 heteroatoms. The molecule has 0 bridgehead atoms. The Balaban J connectivity index is 2.08. The average molecular weight is 508 g/mol. The van der Waals surface area contributed by atoms with Gasteiger partial charge in [0, 0.05) is 13.2 Å². The first-order chi connectivity index (χ1) is 14.5. The summed E-state index contributed by atoms with van der Waals surface area (Å²) in [5.41, 5.74) is 0.0774. The van der Waals surface area contributed by atoms with E-state index in [-0.39, 0.29) is 26.9 Å². The van der Waals surface area contributed by atoms with E-state index in [9.17, 15) is 4.39 Å². The predicted octanol–water partition coefficient (Wildman–Crippen LogP) is 5.81. The molecule has 0 aliphatic carbocycles. The van der Waals surface area contributed by atoms with Gasteiger partial charge in [0.2, 0.25) is 0 Å². The topological polar surface area (TPSA) is 60.4 Å². The standard InChI is InChI=1S/C20H29Cl2FN4O2SSi/c1-20(2,3)31(5,6)29-11-12-10-28-9-7-8-27(12)18-13-15(24-19(26-18)30-4)14(23)17(22)25-16(13)21/h12H,7-11H2,1-6H3. The Morgan fingerprint density at radius 1 is 1.23 bits per heavy atom. The summed E-state index contributed by atoms with van der Waals surface area (Å²) in [6.07, 6.45) is 2.65. The minimum atomic E-state index is -1.97. The highest BCUT2D eigenvalue weighted by molar-refractivity contribution is 7.98. The zero-order valence-electron chi connectivity index (χ0n) is 18.8. The zero-order valence-corrected chi connectivity index (χ0v) is 22.1. The van der Waals surface area contributed by atoms with Gasteiger partial charge in [-0.25, -0.2) is 19.3 Å². The first kappa shape index (κ1) is 24.9. The highest BCUT2D eigenvalue weighted by atomic mass is 35.5. The molecule has 2 aromatic rings. The molecule has 1 fully saturated rings. The summed E-state index contributed by atoms with van der Waals surface area (Å²) in [7, 11) is -1.97. The molecule has 0 N–H and O–H groups in total. The van der Waals surface area contributed by atoms with E-state index in [1.165, 1.54) is 11.8 Å². The van der Waals surface area contributed by atoms with Crippen LogP contribution in [0.1, 0.15) is 27.2 Å². The highest BCUT2D eigenvalue weighted by Gasteiger charge is 2.38. The quantitative estimate of drug-likeness (QED) is 0.219. The highest BCUT2D eigenvalue weighted by Crippen LogP contribution is 2.38. The Kier molecular flexibility index (Phi) is 7.75. The summed E-state index contributed by atoms with van der Waals surface area (Å²) in [6.45, 7) is 13.3. The van der Waals surface area contributed by atoms with Crippen molar-refractivity contribution in [1.82, 2.24) is 15.0 Å². The summed E-state index contributed by atoms with van der Waals surface area (Å²) < 4.78 is 27.2. The van der Waals surface area contributed by atoms with Crippen LogP contribution >= 0.6 is 35.0 Å². The van der Waals surface area contributed by atoms with Gasteiger partial charge < -0.3 is 14.1 Å². The number of ether oxygens (including phenoxy) is 1. The normalized spacial score (nSPS) is 18.5. The minimum absolute atomic E-state index is 0.0774. The third kappa shape index (κ3) is 5.28. The second kappa shape index (κ2) is 9.65. The van der Waals surface area contributed by atoms with E-state index in [4.69, 9.17) is 37.3 Å². The van der Waals surface area contributed by atoms with Gasteiger partial charge >= 0.3 is 0 Å². The van der Waals surface area contributed by atoms with Gasteiger partial charge in [-0.15, -0.1) is 0 Å². The number of halogens is 3. The van der Waals surface area contributed by atoms with Crippen LogP contribution in [0.15, 0.2) is 5.16 Å². The molecule has 31 heavy (non-hydrogen) atoms. The number of anilines is 1. The van der Waals surface area contributed by atoms with Crippen LogP contribution in [0.4, 0.5) is 10.2 Å². The lowest BCUT2D eigenvalue weighted by atomic mass is 10.2. The van der Waals surface area contributed by atoms with Crippen molar-refractivity contribution in [3.8, 4) is 0 Å². The summed E-state index contributed by atoms with van der Waals surface area (Å²) >= 11 is 13.7. The first-order valence-corrected chi connectivity index (χ1v) is 15.1. The van der Waals surface area contributed by atoms with E-state index in [0.29, 0.717) is 42.7 Å². The maximum Gasteiger partial charge on any atom is 0.192 e. The monoisotopic (exact) mass is 506 g/mol. The van der Waals surface area contributed by atoms with Crippen molar-refractivity contribution in [2.45, 2.75) is 56.5 Å². The maximum atomic E-state index is 14.8. The number of rotatable bonds is 5. The molecular weight excluding hydrogens is 478 g/mol. The van der Waals surface area contributed by atoms with Gasteiger partial charge in [0.25, 0.3) is 0 Å². The molecule has 2 aromatic heterocycles. The van der Waals surface area contributed by atoms with E-state index in [0.717, 1.165) is 6.42 Å². The number of thioether (sulfide) groups is 1. The second-order valence-electron chi connectivity index (χ2n) is 9.11. The smallest absolute Gasteiger partial charge is 0.192 e. The van der Waals surface area contributed by atoms with E-state index < -0.39 is 14.1 Å². The van der Waals surface area contributed by atoms with Gasteiger partial charge in [0.1, 0.15) is 16.5 Å². The number of hydrogen-bond acceptors (Lipinski definition) is 7. The van der Waals surface area contributed by atoms with Crippen LogP contribution in [0.2, 0.25) is 28.4 Å². The number of fused-ring (bicyclic) bond motifs is 1. The number of hydrogen-bond donors (Lipinski definition) is 0. The van der Waals surface area contributed by atoms with Crippen LogP contribution in [0, 0.1) is 5.82 Å². The van der Waals surface area contributed by atoms with Crippen molar-refractivity contribution >= 4 is 60.0 Å². The first-order valence-electron chi connectivity index (χ1n) is 10.2. The van der Waals surface area contributed by atoms with Crippen molar-refractivity contribution < 1.29 is 13.6 Å². The molecule has 172 valence electrons. The second-order valence-corrected chi connectivity index (χ2v) is 15.4. The summed E-state index contributed by atoms with van der Waals surface area (Å²) in [4.78, 5) is 15.1. The van der Waals surface area contributed by atoms with Crippen molar-refractivity contribution in [3.05, 3.63) is 16.1 Å². The molecule has 0 aromatic carbocycles. The van der Waals surface area contributed by atoms with E-state index in [1.54, 1.807) is 0 Å². The number of pyridine rings is 1. The Hall–Kier alpha value is -0.713. The lowest BCUT2D eigenvalue weighted by Gasteiger charge is -2.39. The SMILES string of the molecule is CSc1nc(N2CCCOCC2CO[Si](C)(C)C(C)(C)C)c2c(Cl)nc(Cl)c(F)c2n1. The fourth-order valence-corrected chi connectivity index (χ4v) is 5.01. The lowest BCUT2D eigenvalue weighted by molar-refractivity contribution is 0.116. The van der Waals surface area contributed by atoms with Crippen molar-refractivity contribution in [2.24, 2.45) is 0 Å². The Bertz CT molecular complexity index is 961. The molecule has 1 aliphatic rings. The van der Waals surface area contributed by atoms with Crippen LogP contribution in [-0.2, 0) is 9.16 Å². The van der Waals surface area contributed by atoms with Gasteiger partial charge in [0.15, 0.2) is 24.4 Å². The predicted molar refractivity (Wildman–Crippen MR) is 129 cm³/mol. The minimum Gasteiger partial charge on any atom is -0.415 e. The molecule has 0 radical (unpaired) electrons. The maximum absolute atomic E-state index is 14.8. The van der Waals surface area contributed by atoms with Crippen LogP contribution in [0.5, 0.6) is 0 Å². The van der Waals surface area contributed by atoms with E-state index >= 15 is 0 Å². The van der Waals surface area contributed by atoms with E-state index in [1.807, 2.05) is 6.26 Å². The largest absolute Gasteiger partial charge is 0.415 e. The van der Waals surface area contributed by atoms with Gasteiger partial charge in [-0.05, 0) is 30.8 Å². The molecule has 3 rings (SSSR count). The fraction of sp³-hybridized carbons (Fsp3) is 0.650. The van der Waals surface area contributed by atoms with Crippen LogP contribution in [0.25, 0.3) is 10.9 Å². The van der Waals surface area contributed by atoms with Gasteiger partial charge in [-0.2, -0.15) is 0 Å². The molecule has 3 heterocycles. The molecule has 1 atom stereocenters. The Labute approximate surface area is 198 Å². The fourth-order valence-electron chi connectivity index (χ4n) is 3.13. The van der Waals surface area contributed by atoms with E-state index in [2.05, 4.69) is 48.7 Å². The van der Waals surface area contributed by atoms with Crippen LogP contribution in [-0.4, -0.2) is 61.9 Å². The number of aromatic nitrogens is 3. The summed E-state index contributed by atoms with van der Waals surface area (Å²) in [5, 5.41) is 0.670. The number of nitrogens with zero attached hydrogens (tertiary/aromatic N) is 4. The Morgan fingerprint density at radius 3 is 2.58 bits per heavy atom. The van der Waals surface area contributed by atoms with Crippen molar-refractivity contribution in [2.75, 3.05) is 37.5 Å². The molecule has 0 spiro atoms. The van der Waals surface area contributed by atoms with Gasteiger partial charge in [0.05, 0.1) is 24.6 Å². The third-order valence-electron chi connectivity index (χ3n) is 6.00. The van der Waals surface area contributed by atoms with Crippen molar-refractivity contribution in [1.29, 1.82) is 0 Å². The van der Waals surface area contributed by atoms with Crippen LogP contribution < -0.4 is 4.90 Å². The average Bonchev–Trinajstić information content (AvgIpc) is 2.94. The summed E-state index contributed by atoms with van der Waals surface area (Å²) in [6, 6.07) is -0.0979.